The largest absolute Gasteiger partial charge is 0.497 e. The molecule has 9 heteroatoms. The number of allylic oxidation sites excluding steroid dienone is 2. The first-order valence-electron chi connectivity index (χ1n) is 10.5. The van der Waals surface area contributed by atoms with Gasteiger partial charge < -0.3 is 15.4 Å². The fourth-order valence-corrected chi connectivity index (χ4v) is 3.82. The second-order valence-corrected chi connectivity index (χ2v) is 7.69. The van der Waals surface area contributed by atoms with E-state index in [1.54, 1.807) is 60.8 Å². The molecule has 2 aromatic carbocycles. The fourth-order valence-electron chi connectivity index (χ4n) is 3.82. The van der Waals surface area contributed by atoms with Gasteiger partial charge in [0.05, 0.1) is 12.8 Å². The van der Waals surface area contributed by atoms with Gasteiger partial charge in [0, 0.05) is 30.4 Å². The van der Waals surface area contributed by atoms with E-state index in [2.05, 4.69) is 5.10 Å². The van der Waals surface area contributed by atoms with E-state index >= 15 is 0 Å². The van der Waals surface area contributed by atoms with Gasteiger partial charge in [0.1, 0.15) is 29.6 Å². The van der Waals surface area contributed by atoms with Gasteiger partial charge in [-0.05, 0) is 48.0 Å². The number of nitrogens with two attached hydrogens (primary N) is 1. The molecule has 0 saturated heterocycles. The van der Waals surface area contributed by atoms with Crippen molar-refractivity contribution in [2.24, 2.45) is 5.73 Å². The number of methoxy groups -OCH3 is 1. The number of hydrogen-bond donors (Lipinski definition) is 1. The smallest absolute Gasteiger partial charge is 0.287 e. The molecule has 174 valence electrons. The Morgan fingerprint density at radius 2 is 1.88 bits per heavy atom. The molecule has 1 aromatic heterocycles. The number of ether oxygens (including phenoxy) is 1. The molecule has 1 aliphatic heterocycles. The normalized spacial score (nSPS) is 15.9. The number of benzene rings is 2. The highest BCUT2D eigenvalue weighted by Crippen LogP contribution is 2.28. The summed E-state index contributed by atoms with van der Waals surface area (Å²) in [4.78, 5) is 26.4. The van der Waals surface area contributed by atoms with Gasteiger partial charge in [-0.3, -0.25) is 9.59 Å². The van der Waals surface area contributed by atoms with E-state index in [9.17, 15) is 18.4 Å². The second-order valence-electron chi connectivity index (χ2n) is 7.69. The minimum atomic E-state index is -1.05. The first kappa shape index (κ1) is 22.9. The lowest BCUT2D eigenvalue weighted by atomic mass is 9.99. The maximum Gasteiger partial charge on any atom is 0.287 e. The van der Waals surface area contributed by atoms with Gasteiger partial charge >= 0.3 is 0 Å². The summed E-state index contributed by atoms with van der Waals surface area (Å²) in [5.74, 6) is -2.55. The maximum atomic E-state index is 14.3. The molecule has 7 nitrogen and oxygen atoms in total. The number of halogens is 2. The minimum absolute atomic E-state index is 0.144. The van der Waals surface area contributed by atoms with E-state index in [4.69, 9.17) is 10.5 Å². The summed E-state index contributed by atoms with van der Waals surface area (Å²) in [5.41, 5.74) is 6.61. The van der Waals surface area contributed by atoms with Gasteiger partial charge in [-0.15, -0.1) is 0 Å². The molecule has 0 bridgehead atoms. The number of ketones is 1. The zero-order valence-electron chi connectivity index (χ0n) is 18.3. The van der Waals surface area contributed by atoms with Crippen LogP contribution in [-0.2, 0) is 16.0 Å². The second kappa shape index (κ2) is 9.70. The summed E-state index contributed by atoms with van der Waals surface area (Å²) in [6.07, 6.45) is 8.22. The van der Waals surface area contributed by atoms with E-state index in [0.717, 1.165) is 17.7 Å². The lowest BCUT2D eigenvalue weighted by molar-refractivity contribution is -0.139. The molecule has 0 fully saturated rings. The SMILES string of the molecule is COc1ccc(CC(C(=O)C(N)=O)N2C=CC=CC2n2ccc(-c3ccc(F)cc3F)n2)cc1. The predicted octanol–water partition coefficient (Wildman–Crippen LogP) is 3.39. The number of nitrogens with zero attached hydrogens (tertiary/aromatic N) is 3. The van der Waals surface area contributed by atoms with E-state index < -0.39 is 35.5 Å². The fraction of sp³-hybridized carbons (Fsp3) is 0.160. The zero-order valence-corrected chi connectivity index (χ0v) is 18.3. The Bertz CT molecular complexity index is 1270. The molecule has 0 saturated carbocycles. The summed E-state index contributed by atoms with van der Waals surface area (Å²) in [6.45, 7) is 0. The number of carbonyl (C=O) groups is 2. The van der Waals surface area contributed by atoms with Gasteiger partial charge in [-0.1, -0.05) is 18.2 Å². The summed E-state index contributed by atoms with van der Waals surface area (Å²) >= 11 is 0. The van der Waals surface area contributed by atoms with Crippen LogP contribution in [0.2, 0.25) is 0 Å². The molecule has 2 atom stereocenters. The Balaban J connectivity index is 1.66. The van der Waals surface area contributed by atoms with Gasteiger partial charge in [0.2, 0.25) is 5.78 Å². The quantitative estimate of drug-likeness (QED) is 0.516. The van der Waals surface area contributed by atoms with Gasteiger partial charge in [0.15, 0.2) is 0 Å². The molecule has 2 unspecified atom stereocenters. The lowest BCUT2D eigenvalue weighted by Gasteiger charge is -2.36. The zero-order chi connectivity index (χ0) is 24.2. The van der Waals surface area contributed by atoms with Gasteiger partial charge in [0.25, 0.3) is 5.91 Å². The minimum Gasteiger partial charge on any atom is -0.497 e. The van der Waals surface area contributed by atoms with E-state index in [1.807, 2.05) is 12.1 Å². The number of carbonyl (C=O) groups excluding carboxylic acids is 2. The van der Waals surface area contributed by atoms with E-state index in [0.29, 0.717) is 11.4 Å². The van der Waals surface area contributed by atoms with Crippen molar-refractivity contribution in [1.29, 1.82) is 0 Å². The number of amides is 1. The van der Waals surface area contributed by atoms with Crippen LogP contribution >= 0.6 is 0 Å². The van der Waals surface area contributed by atoms with Crippen molar-refractivity contribution in [3.8, 4) is 17.0 Å². The molecule has 1 aliphatic rings. The molecule has 2 heterocycles. The third-order valence-corrected chi connectivity index (χ3v) is 5.54. The Morgan fingerprint density at radius 3 is 2.56 bits per heavy atom. The molecule has 4 rings (SSSR count). The average Bonchev–Trinajstić information content (AvgIpc) is 3.32. The molecule has 34 heavy (non-hydrogen) atoms. The van der Waals surface area contributed by atoms with Crippen molar-refractivity contribution >= 4 is 11.7 Å². The van der Waals surface area contributed by atoms with Crippen LogP contribution in [0.15, 0.2) is 79.2 Å². The lowest BCUT2D eigenvalue weighted by Crippen LogP contribution is -2.48. The van der Waals surface area contributed by atoms with Crippen LogP contribution in [0.1, 0.15) is 11.7 Å². The van der Waals surface area contributed by atoms with Gasteiger partial charge in [-0.25, -0.2) is 13.5 Å². The van der Waals surface area contributed by atoms with Crippen LogP contribution in [0.5, 0.6) is 5.75 Å². The van der Waals surface area contributed by atoms with Crippen LogP contribution < -0.4 is 10.5 Å². The summed E-state index contributed by atoms with van der Waals surface area (Å²) in [6, 6.07) is 11.1. The number of rotatable bonds is 8. The molecule has 0 aliphatic carbocycles. The molecule has 2 N–H and O–H groups in total. The highest BCUT2D eigenvalue weighted by atomic mass is 19.1. The van der Waals surface area contributed by atoms with Crippen LogP contribution in [-0.4, -0.2) is 39.5 Å². The molecule has 0 radical (unpaired) electrons. The Morgan fingerprint density at radius 1 is 1.12 bits per heavy atom. The van der Waals surface area contributed by atoms with Crippen molar-refractivity contribution < 1.29 is 23.1 Å². The first-order valence-corrected chi connectivity index (χ1v) is 10.5. The standard InChI is InChI=1S/C25H22F2N4O3/c1-34-18-8-5-16(6-9-18)14-22(24(32)25(28)33)30-12-3-2-4-23(30)31-13-11-21(29-31)19-10-7-17(26)15-20(19)27/h2-13,15,22-23H,14H2,1H3,(H2,28,33). The third kappa shape index (κ3) is 4.73. The van der Waals surface area contributed by atoms with Crippen LogP contribution in [0.4, 0.5) is 8.78 Å². The van der Waals surface area contributed by atoms with Crippen LogP contribution in [0, 0.1) is 11.6 Å². The van der Waals surface area contributed by atoms with Crippen molar-refractivity contribution in [1.82, 2.24) is 14.7 Å². The van der Waals surface area contributed by atoms with E-state index in [1.165, 1.54) is 10.7 Å². The number of primary amides is 1. The number of Topliss-reactive ketones (excluding diaryl/α,β-unsaturated/α-hetero) is 1. The van der Waals surface area contributed by atoms with Crippen LogP contribution in [0.25, 0.3) is 11.3 Å². The summed E-state index contributed by atoms with van der Waals surface area (Å²) < 4.78 is 34.3. The Hall–Kier alpha value is -4.27. The van der Waals surface area contributed by atoms with Crippen LogP contribution in [0.3, 0.4) is 0 Å². The average molecular weight is 464 g/mol. The van der Waals surface area contributed by atoms with Crippen molar-refractivity contribution in [3.05, 3.63) is 96.4 Å². The number of hydrogen-bond acceptors (Lipinski definition) is 5. The number of aromatic nitrogens is 2. The molecule has 1 amide bonds. The molecular formula is C25H22F2N4O3. The highest BCUT2D eigenvalue weighted by Gasteiger charge is 2.33. The molecule has 0 spiro atoms. The van der Waals surface area contributed by atoms with Gasteiger partial charge in [-0.2, -0.15) is 5.10 Å². The third-order valence-electron chi connectivity index (χ3n) is 5.54. The van der Waals surface area contributed by atoms with E-state index in [-0.39, 0.29) is 12.0 Å². The van der Waals surface area contributed by atoms with Crippen molar-refractivity contribution in [2.75, 3.05) is 7.11 Å². The monoisotopic (exact) mass is 464 g/mol. The topological polar surface area (TPSA) is 90.5 Å². The molecular weight excluding hydrogens is 442 g/mol. The predicted molar refractivity (Wildman–Crippen MR) is 121 cm³/mol. The highest BCUT2D eigenvalue weighted by molar-refractivity contribution is 6.37. The summed E-state index contributed by atoms with van der Waals surface area (Å²) in [5, 5.41) is 4.44. The Kier molecular flexibility index (Phi) is 6.53. The Labute approximate surface area is 194 Å². The van der Waals surface area contributed by atoms with Crippen molar-refractivity contribution in [3.63, 3.8) is 0 Å². The first-order chi connectivity index (χ1) is 16.4. The summed E-state index contributed by atoms with van der Waals surface area (Å²) in [7, 11) is 1.56. The maximum absolute atomic E-state index is 14.3. The molecule has 3 aromatic rings. The van der Waals surface area contributed by atoms with Crippen molar-refractivity contribution in [2.45, 2.75) is 18.6 Å².